The fraction of sp³-hybridized carbons (Fsp3) is 0.0833. The Morgan fingerprint density at radius 1 is 1.00 bits per heavy atom. The number of hydrogen-bond acceptors (Lipinski definition) is 4. The van der Waals surface area contributed by atoms with E-state index in [0.29, 0.717) is 16.9 Å². The summed E-state index contributed by atoms with van der Waals surface area (Å²) < 4.78 is 24.9. The van der Waals surface area contributed by atoms with Gasteiger partial charge in [0.15, 0.2) is 5.70 Å². The van der Waals surface area contributed by atoms with Crippen LogP contribution in [0.25, 0.3) is 6.08 Å². The molecule has 4 rings (SSSR count). The predicted octanol–water partition coefficient (Wildman–Crippen LogP) is 5.06. The van der Waals surface area contributed by atoms with Crippen molar-refractivity contribution >= 4 is 17.9 Å². The highest BCUT2D eigenvalue weighted by molar-refractivity contribution is 6.12. The van der Waals surface area contributed by atoms with Gasteiger partial charge in [0.1, 0.15) is 18.2 Å². The maximum atomic E-state index is 13.8. The Hall–Kier alpha value is -3.73. The number of cyclic esters (lactones) is 1. The summed E-state index contributed by atoms with van der Waals surface area (Å²) in [5.41, 5.74) is 3.13. The number of aryl methyl sites for hydroxylation is 1. The lowest BCUT2D eigenvalue weighted by Gasteiger charge is -2.10. The van der Waals surface area contributed by atoms with Crippen LogP contribution in [0.5, 0.6) is 5.75 Å². The molecule has 1 heterocycles. The van der Waals surface area contributed by atoms with E-state index in [4.69, 9.17) is 9.47 Å². The van der Waals surface area contributed by atoms with Crippen LogP contribution in [0.3, 0.4) is 0 Å². The van der Waals surface area contributed by atoms with Crippen molar-refractivity contribution < 1.29 is 18.7 Å². The summed E-state index contributed by atoms with van der Waals surface area (Å²) >= 11 is 0. The Balaban J connectivity index is 1.58. The molecule has 0 amide bonds. The second kappa shape index (κ2) is 8.10. The standard InChI is InChI=1S/C24H18FNO3/c1-16-10-12-17(13-11-16)23-26-21(24(27)29-23)14-18-6-3-5-9-22(18)28-15-19-7-2-4-8-20(19)25/h2-14H,15H2,1H3/b21-14-. The Morgan fingerprint density at radius 2 is 1.72 bits per heavy atom. The molecule has 1 aliphatic heterocycles. The highest BCUT2D eigenvalue weighted by Gasteiger charge is 2.24. The quantitative estimate of drug-likeness (QED) is 0.454. The van der Waals surface area contributed by atoms with Gasteiger partial charge in [-0.15, -0.1) is 0 Å². The van der Waals surface area contributed by atoms with Crippen LogP contribution in [-0.4, -0.2) is 11.9 Å². The molecule has 3 aromatic rings. The molecule has 0 bridgehead atoms. The van der Waals surface area contributed by atoms with Crippen molar-refractivity contribution in [3.63, 3.8) is 0 Å². The van der Waals surface area contributed by atoms with Crippen LogP contribution < -0.4 is 4.74 Å². The summed E-state index contributed by atoms with van der Waals surface area (Å²) in [6.45, 7) is 2.06. The van der Waals surface area contributed by atoms with Crippen molar-refractivity contribution in [1.29, 1.82) is 0 Å². The lowest BCUT2D eigenvalue weighted by atomic mass is 10.1. The average molecular weight is 387 g/mol. The summed E-state index contributed by atoms with van der Waals surface area (Å²) in [4.78, 5) is 16.6. The Morgan fingerprint density at radius 3 is 2.52 bits per heavy atom. The maximum absolute atomic E-state index is 13.8. The molecule has 0 radical (unpaired) electrons. The van der Waals surface area contributed by atoms with Crippen molar-refractivity contribution in [3.8, 4) is 5.75 Å². The fourth-order valence-corrected chi connectivity index (χ4v) is 2.88. The molecule has 4 nitrogen and oxygen atoms in total. The van der Waals surface area contributed by atoms with Gasteiger partial charge in [0.2, 0.25) is 5.90 Å². The van der Waals surface area contributed by atoms with Crippen molar-refractivity contribution in [1.82, 2.24) is 0 Å². The minimum absolute atomic E-state index is 0.0786. The van der Waals surface area contributed by atoms with Gasteiger partial charge in [-0.05, 0) is 37.3 Å². The first kappa shape index (κ1) is 18.6. The Bertz CT molecular complexity index is 1120. The van der Waals surface area contributed by atoms with Crippen LogP contribution in [0.2, 0.25) is 0 Å². The van der Waals surface area contributed by atoms with Gasteiger partial charge in [0.05, 0.1) is 0 Å². The third-order valence-electron chi connectivity index (χ3n) is 4.47. The normalized spacial score (nSPS) is 14.6. The molecule has 0 unspecified atom stereocenters. The number of para-hydroxylation sites is 1. The lowest BCUT2D eigenvalue weighted by Crippen LogP contribution is -2.05. The monoisotopic (exact) mass is 387 g/mol. The number of ether oxygens (including phenoxy) is 2. The van der Waals surface area contributed by atoms with Gasteiger partial charge in [-0.1, -0.05) is 54.1 Å². The number of nitrogens with zero attached hydrogens (tertiary/aromatic N) is 1. The SMILES string of the molecule is Cc1ccc(C2=N/C(=C\c3ccccc3OCc3ccccc3F)C(=O)O2)cc1. The van der Waals surface area contributed by atoms with Gasteiger partial charge < -0.3 is 9.47 Å². The summed E-state index contributed by atoms with van der Waals surface area (Å²) in [5, 5.41) is 0. The zero-order chi connectivity index (χ0) is 20.2. The van der Waals surface area contributed by atoms with Crippen molar-refractivity contribution in [2.45, 2.75) is 13.5 Å². The topological polar surface area (TPSA) is 47.9 Å². The smallest absolute Gasteiger partial charge is 0.363 e. The molecule has 3 aromatic carbocycles. The molecule has 1 aliphatic rings. The second-order valence-electron chi connectivity index (χ2n) is 6.62. The zero-order valence-electron chi connectivity index (χ0n) is 15.8. The number of hydrogen-bond donors (Lipinski definition) is 0. The number of rotatable bonds is 5. The van der Waals surface area contributed by atoms with E-state index in [-0.39, 0.29) is 24.0 Å². The van der Waals surface area contributed by atoms with E-state index in [1.165, 1.54) is 6.07 Å². The van der Waals surface area contributed by atoms with Gasteiger partial charge in [-0.25, -0.2) is 14.2 Å². The highest BCUT2D eigenvalue weighted by atomic mass is 19.1. The van der Waals surface area contributed by atoms with Gasteiger partial charge in [-0.2, -0.15) is 0 Å². The molecule has 0 atom stereocenters. The van der Waals surface area contributed by atoms with Crippen LogP contribution in [0.4, 0.5) is 4.39 Å². The second-order valence-corrected chi connectivity index (χ2v) is 6.62. The summed E-state index contributed by atoms with van der Waals surface area (Å²) in [7, 11) is 0. The molecule has 0 fully saturated rings. The molecular weight excluding hydrogens is 369 g/mol. The number of aliphatic imine (C=N–C) groups is 1. The predicted molar refractivity (Wildman–Crippen MR) is 109 cm³/mol. The van der Waals surface area contributed by atoms with E-state index in [1.54, 1.807) is 36.4 Å². The van der Waals surface area contributed by atoms with Crippen LogP contribution in [0, 0.1) is 12.7 Å². The van der Waals surface area contributed by atoms with E-state index in [0.717, 1.165) is 11.1 Å². The number of benzene rings is 3. The number of esters is 1. The lowest BCUT2D eigenvalue weighted by molar-refractivity contribution is -0.129. The molecule has 0 spiro atoms. The summed E-state index contributed by atoms with van der Waals surface area (Å²) in [6.07, 6.45) is 1.61. The van der Waals surface area contributed by atoms with E-state index in [1.807, 2.05) is 43.3 Å². The van der Waals surface area contributed by atoms with Crippen molar-refractivity contribution in [3.05, 3.63) is 107 Å². The molecule has 0 N–H and O–H groups in total. The van der Waals surface area contributed by atoms with E-state index >= 15 is 0 Å². The molecule has 0 saturated carbocycles. The van der Waals surface area contributed by atoms with Crippen LogP contribution >= 0.6 is 0 Å². The molecule has 29 heavy (non-hydrogen) atoms. The summed E-state index contributed by atoms with van der Waals surface area (Å²) in [5.74, 6) is -0.0550. The van der Waals surface area contributed by atoms with E-state index in [9.17, 15) is 9.18 Å². The molecule has 0 aliphatic carbocycles. The van der Waals surface area contributed by atoms with Crippen molar-refractivity contribution in [2.24, 2.45) is 4.99 Å². The van der Waals surface area contributed by atoms with Gasteiger partial charge in [0.25, 0.3) is 0 Å². The highest BCUT2D eigenvalue weighted by Crippen LogP contribution is 2.25. The average Bonchev–Trinajstić information content (AvgIpc) is 3.09. The zero-order valence-corrected chi connectivity index (χ0v) is 15.8. The number of carbonyl (C=O) groups is 1. The van der Waals surface area contributed by atoms with Crippen LogP contribution in [0.15, 0.2) is 83.5 Å². The van der Waals surface area contributed by atoms with Crippen molar-refractivity contribution in [2.75, 3.05) is 0 Å². The first-order valence-corrected chi connectivity index (χ1v) is 9.15. The van der Waals surface area contributed by atoms with E-state index < -0.39 is 5.97 Å². The van der Waals surface area contributed by atoms with Crippen LogP contribution in [0.1, 0.15) is 22.3 Å². The first-order chi connectivity index (χ1) is 14.1. The number of halogens is 1. The Kier molecular flexibility index (Phi) is 5.20. The fourth-order valence-electron chi connectivity index (χ4n) is 2.88. The first-order valence-electron chi connectivity index (χ1n) is 9.15. The van der Waals surface area contributed by atoms with Gasteiger partial charge in [0, 0.05) is 16.7 Å². The molecule has 0 aromatic heterocycles. The molecular formula is C24H18FNO3. The molecule has 5 heteroatoms. The van der Waals surface area contributed by atoms with Crippen LogP contribution in [-0.2, 0) is 16.1 Å². The third-order valence-corrected chi connectivity index (χ3v) is 4.47. The van der Waals surface area contributed by atoms with Gasteiger partial charge in [-0.3, -0.25) is 0 Å². The maximum Gasteiger partial charge on any atom is 0.363 e. The van der Waals surface area contributed by atoms with E-state index in [2.05, 4.69) is 4.99 Å². The summed E-state index contributed by atoms with van der Waals surface area (Å²) in [6, 6.07) is 21.2. The largest absolute Gasteiger partial charge is 0.488 e. The minimum Gasteiger partial charge on any atom is -0.488 e. The third kappa shape index (κ3) is 4.24. The number of carbonyl (C=O) groups excluding carboxylic acids is 1. The minimum atomic E-state index is -0.524. The molecule has 144 valence electrons. The van der Waals surface area contributed by atoms with Gasteiger partial charge >= 0.3 is 5.97 Å². The molecule has 0 saturated heterocycles. The Labute approximate surface area is 167 Å².